The average molecular weight is 469 g/mol. The summed E-state index contributed by atoms with van der Waals surface area (Å²) >= 11 is 0. The van der Waals surface area contributed by atoms with Gasteiger partial charge in [-0.15, -0.1) is 24.0 Å². The van der Waals surface area contributed by atoms with E-state index in [1.54, 1.807) is 13.2 Å². The van der Waals surface area contributed by atoms with Crippen LogP contribution in [0.2, 0.25) is 0 Å². The molecule has 2 aromatic carbocycles. The number of guanidine groups is 1. The molecule has 0 amide bonds. The molecule has 0 bridgehead atoms. The van der Waals surface area contributed by atoms with Gasteiger partial charge in [-0.05, 0) is 42.7 Å². The molecule has 26 heavy (non-hydrogen) atoms. The third kappa shape index (κ3) is 5.33. The summed E-state index contributed by atoms with van der Waals surface area (Å²) in [6.45, 7) is 3.37. The number of halogens is 2. The van der Waals surface area contributed by atoms with Gasteiger partial charge in [0.2, 0.25) is 0 Å². The summed E-state index contributed by atoms with van der Waals surface area (Å²) in [6, 6.07) is 15.1. The fourth-order valence-electron chi connectivity index (χ4n) is 2.91. The topological polar surface area (TPSA) is 45.7 Å². The molecule has 1 fully saturated rings. The maximum Gasteiger partial charge on any atom is 0.191 e. The highest BCUT2D eigenvalue weighted by Gasteiger charge is 2.40. The van der Waals surface area contributed by atoms with Gasteiger partial charge < -0.3 is 15.4 Å². The van der Waals surface area contributed by atoms with Crippen LogP contribution in [-0.4, -0.2) is 25.7 Å². The monoisotopic (exact) mass is 469 g/mol. The van der Waals surface area contributed by atoms with Crippen LogP contribution in [0.25, 0.3) is 0 Å². The first-order chi connectivity index (χ1) is 12.2. The van der Waals surface area contributed by atoms with Gasteiger partial charge in [-0.3, -0.25) is 0 Å². The quantitative estimate of drug-likeness (QED) is 0.381. The molecule has 6 heteroatoms. The van der Waals surface area contributed by atoms with Gasteiger partial charge in [0, 0.05) is 18.5 Å². The molecule has 3 rings (SSSR count). The van der Waals surface area contributed by atoms with E-state index in [-0.39, 0.29) is 41.8 Å². The Morgan fingerprint density at radius 2 is 2.04 bits per heavy atom. The number of rotatable bonds is 6. The second kappa shape index (κ2) is 9.75. The van der Waals surface area contributed by atoms with Crippen molar-refractivity contribution in [1.82, 2.24) is 10.6 Å². The zero-order valence-corrected chi connectivity index (χ0v) is 17.4. The molecule has 2 aromatic rings. The van der Waals surface area contributed by atoms with Crippen molar-refractivity contribution in [2.24, 2.45) is 4.99 Å². The van der Waals surface area contributed by atoms with Crippen molar-refractivity contribution in [2.75, 3.05) is 13.7 Å². The average Bonchev–Trinajstić information content (AvgIpc) is 3.39. The van der Waals surface area contributed by atoms with Crippen molar-refractivity contribution in [3.8, 4) is 5.75 Å². The molecule has 0 heterocycles. The maximum absolute atomic E-state index is 13.9. The Labute approximate surface area is 171 Å². The summed E-state index contributed by atoms with van der Waals surface area (Å²) in [5, 5.41) is 6.66. The molecule has 1 aliphatic carbocycles. The molecule has 4 nitrogen and oxygen atoms in total. The predicted molar refractivity (Wildman–Crippen MR) is 114 cm³/mol. The molecule has 2 unspecified atom stereocenters. The number of methoxy groups -OCH3 is 1. The van der Waals surface area contributed by atoms with E-state index in [4.69, 9.17) is 4.74 Å². The highest BCUT2D eigenvalue weighted by molar-refractivity contribution is 14.0. The van der Waals surface area contributed by atoms with E-state index in [1.807, 2.05) is 43.3 Å². The van der Waals surface area contributed by atoms with Crippen LogP contribution in [0.4, 0.5) is 4.39 Å². The van der Waals surface area contributed by atoms with Crippen LogP contribution >= 0.6 is 24.0 Å². The van der Waals surface area contributed by atoms with E-state index in [0.717, 1.165) is 35.8 Å². The van der Waals surface area contributed by atoms with Gasteiger partial charge in [0.05, 0.1) is 13.7 Å². The van der Waals surface area contributed by atoms with E-state index in [0.29, 0.717) is 6.54 Å². The number of hydrogen-bond acceptors (Lipinski definition) is 2. The zero-order chi connectivity index (χ0) is 17.6. The van der Waals surface area contributed by atoms with Crippen LogP contribution in [0.3, 0.4) is 0 Å². The Morgan fingerprint density at radius 3 is 2.77 bits per heavy atom. The van der Waals surface area contributed by atoms with Gasteiger partial charge in [-0.25, -0.2) is 9.38 Å². The SMILES string of the molecule is CCNC(=NCc1cccc(OC)c1)NC1CC1c1ccccc1F.I. The Morgan fingerprint density at radius 1 is 1.23 bits per heavy atom. The molecular weight excluding hydrogens is 444 g/mol. The molecule has 0 aromatic heterocycles. The molecule has 0 saturated heterocycles. The maximum atomic E-state index is 13.9. The molecule has 0 radical (unpaired) electrons. The minimum absolute atomic E-state index is 0. The fraction of sp³-hybridized carbons (Fsp3) is 0.350. The van der Waals surface area contributed by atoms with Crippen molar-refractivity contribution in [3.05, 3.63) is 65.5 Å². The lowest BCUT2D eigenvalue weighted by atomic mass is 10.1. The molecule has 2 N–H and O–H groups in total. The lowest BCUT2D eigenvalue weighted by Crippen LogP contribution is -2.39. The number of ether oxygens (including phenoxy) is 1. The first-order valence-electron chi connectivity index (χ1n) is 8.63. The number of nitrogens with zero attached hydrogens (tertiary/aromatic N) is 1. The summed E-state index contributed by atoms with van der Waals surface area (Å²) < 4.78 is 19.1. The standard InChI is InChI=1S/C20H24FN3O.HI/c1-3-22-20(23-13-14-7-6-8-15(11-14)25-2)24-19-12-17(19)16-9-4-5-10-18(16)21;/h4-11,17,19H,3,12-13H2,1-2H3,(H2,22,23,24);1H. The Hall–Kier alpha value is -1.83. The van der Waals surface area contributed by atoms with E-state index in [9.17, 15) is 4.39 Å². The summed E-state index contributed by atoms with van der Waals surface area (Å²) in [6.07, 6.45) is 0.921. The molecule has 1 aliphatic rings. The third-order valence-electron chi connectivity index (χ3n) is 4.32. The summed E-state index contributed by atoms with van der Waals surface area (Å²) in [5.74, 6) is 1.67. The van der Waals surface area contributed by atoms with Crippen molar-refractivity contribution >= 4 is 29.9 Å². The lowest BCUT2D eigenvalue weighted by Gasteiger charge is -2.12. The first kappa shape index (κ1) is 20.5. The van der Waals surface area contributed by atoms with Crippen LogP contribution in [0.5, 0.6) is 5.75 Å². The highest BCUT2D eigenvalue weighted by atomic mass is 127. The highest BCUT2D eigenvalue weighted by Crippen LogP contribution is 2.41. The van der Waals surface area contributed by atoms with Gasteiger partial charge in [-0.2, -0.15) is 0 Å². The molecule has 0 spiro atoms. The van der Waals surface area contributed by atoms with Gasteiger partial charge in [-0.1, -0.05) is 30.3 Å². The van der Waals surface area contributed by atoms with Crippen LogP contribution in [0.1, 0.15) is 30.4 Å². The number of nitrogens with one attached hydrogen (secondary N) is 2. The number of hydrogen-bond donors (Lipinski definition) is 2. The van der Waals surface area contributed by atoms with E-state index in [1.165, 1.54) is 6.07 Å². The van der Waals surface area contributed by atoms with Crippen LogP contribution in [0, 0.1) is 5.82 Å². The van der Waals surface area contributed by atoms with Gasteiger partial charge >= 0.3 is 0 Å². The van der Waals surface area contributed by atoms with Gasteiger partial charge in [0.15, 0.2) is 5.96 Å². The second-order valence-electron chi connectivity index (χ2n) is 6.16. The van der Waals surface area contributed by atoms with E-state index < -0.39 is 0 Å². The molecule has 140 valence electrons. The van der Waals surface area contributed by atoms with Crippen molar-refractivity contribution in [3.63, 3.8) is 0 Å². The minimum Gasteiger partial charge on any atom is -0.497 e. The molecule has 1 saturated carbocycles. The summed E-state index contributed by atoms with van der Waals surface area (Å²) in [7, 11) is 1.66. The van der Waals surface area contributed by atoms with Crippen LogP contribution < -0.4 is 15.4 Å². The van der Waals surface area contributed by atoms with Crippen molar-refractivity contribution < 1.29 is 9.13 Å². The smallest absolute Gasteiger partial charge is 0.191 e. The molecule has 0 aliphatic heterocycles. The van der Waals surface area contributed by atoms with Gasteiger partial charge in [0.25, 0.3) is 0 Å². The second-order valence-corrected chi connectivity index (χ2v) is 6.16. The number of benzene rings is 2. The summed E-state index contributed by atoms with van der Waals surface area (Å²) in [5.41, 5.74) is 1.86. The Balaban J connectivity index is 0.00000243. The first-order valence-corrected chi connectivity index (χ1v) is 8.63. The zero-order valence-electron chi connectivity index (χ0n) is 15.0. The lowest BCUT2D eigenvalue weighted by molar-refractivity contribution is 0.414. The Kier molecular flexibility index (Phi) is 7.68. The van der Waals surface area contributed by atoms with Crippen LogP contribution in [-0.2, 0) is 6.54 Å². The molecule has 2 atom stereocenters. The Bertz CT molecular complexity index is 753. The van der Waals surface area contributed by atoms with E-state index in [2.05, 4.69) is 15.6 Å². The molecular formula is C20H25FIN3O. The predicted octanol–water partition coefficient (Wildman–Crippen LogP) is 4.06. The van der Waals surface area contributed by atoms with Crippen molar-refractivity contribution in [1.29, 1.82) is 0 Å². The fourth-order valence-corrected chi connectivity index (χ4v) is 2.91. The largest absolute Gasteiger partial charge is 0.497 e. The van der Waals surface area contributed by atoms with Crippen LogP contribution in [0.15, 0.2) is 53.5 Å². The van der Waals surface area contributed by atoms with E-state index >= 15 is 0 Å². The summed E-state index contributed by atoms with van der Waals surface area (Å²) in [4.78, 5) is 4.63. The van der Waals surface area contributed by atoms with Crippen molar-refractivity contribution in [2.45, 2.75) is 31.8 Å². The normalized spacial score (nSPS) is 18.7. The number of aliphatic imine (C=N–C) groups is 1. The van der Waals surface area contributed by atoms with Gasteiger partial charge in [0.1, 0.15) is 11.6 Å². The minimum atomic E-state index is -0.130. The third-order valence-corrected chi connectivity index (χ3v) is 4.32.